The fraction of sp³-hybridized carbons (Fsp3) is 0.545. The monoisotopic (exact) mass is 176 g/mol. The SMILES string of the molecule is Cc1ccc(C2(N)CC2(C)C)nc1. The van der Waals surface area contributed by atoms with E-state index in [1.165, 1.54) is 5.56 Å². The van der Waals surface area contributed by atoms with Gasteiger partial charge in [-0.1, -0.05) is 19.9 Å². The predicted molar refractivity (Wildman–Crippen MR) is 53.2 cm³/mol. The summed E-state index contributed by atoms with van der Waals surface area (Å²) in [5.74, 6) is 0. The molecule has 1 fully saturated rings. The number of nitrogens with two attached hydrogens (primary N) is 1. The molecule has 1 saturated carbocycles. The van der Waals surface area contributed by atoms with Crippen LogP contribution in [-0.2, 0) is 5.54 Å². The first-order valence-corrected chi connectivity index (χ1v) is 4.68. The van der Waals surface area contributed by atoms with Crippen molar-refractivity contribution in [3.8, 4) is 0 Å². The number of rotatable bonds is 1. The number of nitrogens with zero attached hydrogens (tertiary/aromatic N) is 1. The molecule has 2 nitrogen and oxygen atoms in total. The maximum atomic E-state index is 6.23. The van der Waals surface area contributed by atoms with Crippen LogP contribution < -0.4 is 5.73 Å². The van der Waals surface area contributed by atoms with Crippen LogP contribution >= 0.6 is 0 Å². The topological polar surface area (TPSA) is 38.9 Å². The molecule has 1 aromatic rings. The summed E-state index contributed by atoms with van der Waals surface area (Å²) in [5.41, 5.74) is 8.49. The first kappa shape index (κ1) is 8.70. The Bertz CT molecular complexity index is 326. The Hall–Kier alpha value is -0.890. The van der Waals surface area contributed by atoms with Gasteiger partial charge < -0.3 is 5.73 Å². The van der Waals surface area contributed by atoms with Gasteiger partial charge in [0.2, 0.25) is 0 Å². The average Bonchev–Trinajstić information content (AvgIpc) is 2.53. The van der Waals surface area contributed by atoms with Gasteiger partial charge in [0.25, 0.3) is 0 Å². The lowest BCUT2D eigenvalue weighted by Crippen LogP contribution is -2.26. The van der Waals surface area contributed by atoms with E-state index in [0.29, 0.717) is 0 Å². The van der Waals surface area contributed by atoms with Crippen LogP contribution in [0.4, 0.5) is 0 Å². The van der Waals surface area contributed by atoms with E-state index >= 15 is 0 Å². The zero-order valence-electron chi connectivity index (χ0n) is 8.46. The number of aromatic nitrogens is 1. The highest BCUT2D eigenvalue weighted by atomic mass is 15.0. The van der Waals surface area contributed by atoms with Crippen molar-refractivity contribution in [2.45, 2.75) is 32.7 Å². The number of aryl methyl sites for hydroxylation is 1. The van der Waals surface area contributed by atoms with E-state index in [1.54, 1.807) is 0 Å². The third-order valence-electron chi connectivity index (χ3n) is 3.17. The second-order valence-corrected chi connectivity index (χ2v) is 4.75. The van der Waals surface area contributed by atoms with Crippen LogP contribution in [0.15, 0.2) is 18.3 Å². The number of pyridine rings is 1. The van der Waals surface area contributed by atoms with Crippen LogP contribution in [0.5, 0.6) is 0 Å². The highest BCUT2D eigenvalue weighted by Gasteiger charge is 2.60. The van der Waals surface area contributed by atoms with Crippen molar-refractivity contribution in [1.82, 2.24) is 4.98 Å². The maximum Gasteiger partial charge on any atom is 0.0642 e. The Balaban J connectivity index is 2.34. The maximum absolute atomic E-state index is 6.23. The Morgan fingerprint density at radius 2 is 2.00 bits per heavy atom. The van der Waals surface area contributed by atoms with E-state index in [1.807, 2.05) is 19.2 Å². The van der Waals surface area contributed by atoms with E-state index < -0.39 is 0 Å². The second kappa shape index (κ2) is 2.32. The van der Waals surface area contributed by atoms with Gasteiger partial charge in [-0.25, -0.2) is 0 Å². The molecule has 1 atom stereocenters. The Morgan fingerprint density at radius 1 is 1.38 bits per heavy atom. The molecule has 2 N–H and O–H groups in total. The molecule has 13 heavy (non-hydrogen) atoms. The first-order valence-electron chi connectivity index (χ1n) is 4.68. The normalized spacial score (nSPS) is 30.2. The predicted octanol–water partition coefficient (Wildman–Crippen LogP) is 1.97. The molecular weight excluding hydrogens is 160 g/mol. The summed E-state index contributed by atoms with van der Waals surface area (Å²) in [6.07, 6.45) is 2.93. The van der Waals surface area contributed by atoms with Crippen LogP contribution in [0.25, 0.3) is 0 Å². The van der Waals surface area contributed by atoms with Gasteiger partial charge >= 0.3 is 0 Å². The Morgan fingerprint density at radius 3 is 2.38 bits per heavy atom. The smallest absolute Gasteiger partial charge is 0.0642 e. The van der Waals surface area contributed by atoms with Gasteiger partial charge in [-0.15, -0.1) is 0 Å². The largest absolute Gasteiger partial charge is 0.320 e. The average molecular weight is 176 g/mol. The van der Waals surface area contributed by atoms with Crippen LogP contribution in [0.2, 0.25) is 0 Å². The molecule has 1 heterocycles. The summed E-state index contributed by atoms with van der Waals surface area (Å²) in [6, 6.07) is 4.12. The van der Waals surface area contributed by atoms with Gasteiger partial charge in [0, 0.05) is 6.20 Å². The first-order chi connectivity index (χ1) is 5.96. The van der Waals surface area contributed by atoms with E-state index in [0.717, 1.165) is 12.1 Å². The molecule has 2 rings (SSSR count). The quantitative estimate of drug-likeness (QED) is 0.710. The molecule has 1 unspecified atom stereocenters. The van der Waals surface area contributed by atoms with Gasteiger partial charge in [0.15, 0.2) is 0 Å². The molecule has 1 aliphatic carbocycles. The van der Waals surface area contributed by atoms with Gasteiger partial charge in [0.05, 0.1) is 11.2 Å². The molecule has 2 heteroatoms. The minimum Gasteiger partial charge on any atom is -0.320 e. The van der Waals surface area contributed by atoms with Crippen molar-refractivity contribution in [3.05, 3.63) is 29.6 Å². The molecule has 0 amide bonds. The van der Waals surface area contributed by atoms with Gasteiger partial charge in [0.1, 0.15) is 0 Å². The molecule has 1 aliphatic rings. The Kier molecular flexibility index (Phi) is 1.55. The molecule has 0 bridgehead atoms. The molecular formula is C11H16N2. The fourth-order valence-electron chi connectivity index (χ4n) is 1.82. The zero-order valence-corrected chi connectivity index (χ0v) is 8.46. The van der Waals surface area contributed by atoms with Crippen molar-refractivity contribution < 1.29 is 0 Å². The number of hydrogen-bond donors (Lipinski definition) is 1. The molecule has 1 aromatic heterocycles. The molecule has 0 aromatic carbocycles. The van der Waals surface area contributed by atoms with Crippen LogP contribution in [0.3, 0.4) is 0 Å². The van der Waals surface area contributed by atoms with Crippen LogP contribution in [0, 0.1) is 12.3 Å². The van der Waals surface area contributed by atoms with Crippen molar-refractivity contribution in [2.75, 3.05) is 0 Å². The minimum absolute atomic E-state index is 0.180. The number of hydrogen-bond acceptors (Lipinski definition) is 2. The Labute approximate surface area is 79.2 Å². The van der Waals surface area contributed by atoms with Crippen molar-refractivity contribution in [3.63, 3.8) is 0 Å². The second-order valence-electron chi connectivity index (χ2n) is 4.75. The summed E-state index contributed by atoms with van der Waals surface area (Å²) in [4.78, 5) is 4.38. The minimum atomic E-state index is -0.180. The van der Waals surface area contributed by atoms with Gasteiger partial charge in [-0.05, 0) is 30.4 Å². The lowest BCUT2D eigenvalue weighted by Gasteiger charge is -2.13. The van der Waals surface area contributed by atoms with E-state index in [4.69, 9.17) is 5.73 Å². The highest BCUT2D eigenvalue weighted by Crippen LogP contribution is 2.59. The van der Waals surface area contributed by atoms with Crippen LogP contribution in [-0.4, -0.2) is 4.98 Å². The highest BCUT2D eigenvalue weighted by molar-refractivity contribution is 5.30. The van der Waals surface area contributed by atoms with Gasteiger partial charge in [-0.2, -0.15) is 0 Å². The summed E-state index contributed by atoms with van der Waals surface area (Å²) in [6.45, 7) is 6.42. The lowest BCUT2D eigenvalue weighted by atomic mass is 10.0. The summed E-state index contributed by atoms with van der Waals surface area (Å²) >= 11 is 0. The molecule has 70 valence electrons. The van der Waals surface area contributed by atoms with Crippen molar-refractivity contribution in [1.29, 1.82) is 0 Å². The lowest BCUT2D eigenvalue weighted by molar-refractivity contribution is 0.500. The van der Waals surface area contributed by atoms with E-state index in [9.17, 15) is 0 Å². The molecule has 0 saturated heterocycles. The zero-order chi connectivity index (χ0) is 9.69. The van der Waals surface area contributed by atoms with Crippen molar-refractivity contribution >= 4 is 0 Å². The fourth-order valence-corrected chi connectivity index (χ4v) is 1.82. The summed E-state index contributed by atoms with van der Waals surface area (Å²) in [5, 5.41) is 0. The summed E-state index contributed by atoms with van der Waals surface area (Å²) < 4.78 is 0. The van der Waals surface area contributed by atoms with E-state index in [2.05, 4.69) is 24.9 Å². The molecule has 0 spiro atoms. The van der Waals surface area contributed by atoms with Crippen molar-refractivity contribution in [2.24, 2.45) is 11.1 Å². The standard InChI is InChI=1S/C11H16N2/c1-8-4-5-9(13-6-8)11(12)7-10(11,2)3/h4-6H,7,12H2,1-3H3. The third kappa shape index (κ3) is 1.17. The van der Waals surface area contributed by atoms with E-state index in [-0.39, 0.29) is 11.0 Å². The molecule has 0 aliphatic heterocycles. The van der Waals surface area contributed by atoms with Gasteiger partial charge in [-0.3, -0.25) is 4.98 Å². The molecule has 0 radical (unpaired) electrons. The van der Waals surface area contributed by atoms with Crippen LogP contribution in [0.1, 0.15) is 31.5 Å². The summed E-state index contributed by atoms with van der Waals surface area (Å²) in [7, 11) is 0. The third-order valence-corrected chi connectivity index (χ3v) is 3.17.